The van der Waals surface area contributed by atoms with Gasteiger partial charge in [-0.05, 0) is 48.6 Å². The Hall–Kier alpha value is -2.04. The standard InChI is InChI=1S/C21H26ClN3O/c1-25(15-17-6-2-3-7-19(17)22)18-11-9-16(10-12-18)14-24-20-8-4-5-13-23-21(20)26/h2-3,6-7,9-12,20,24H,4-5,8,13-15H2,1H3,(H,23,26). The van der Waals surface area contributed by atoms with Crippen molar-refractivity contribution in [2.24, 2.45) is 0 Å². The highest BCUT2D eigenvalue weighted by molar-refractivity contribution is 6.31. The van der Waals surface area contributed by atoms with Gasteiger partial charge in [-0.15, -0.1) is 0 Å². The van der Waals surface area contributed by atoms with Crippen LogP contribution in [0.3, 0.4) is 0 Å². The average Bonchev–Trinajstić information content (AvgIpc) is 2.86. The number of hydrogen-bond acceptors (Lipinski definition) is 3. The highest BCUT2D eigenvalue weighted by Crippen LogP contribution is 2.21. The van der Waals surface area contributed by atoms with Crippen molar-refractivity contribution in [3.8, 4) is 0 Å². The number of amides is 1. The molecule has 0 aliphatic carbocycles. The van der Waals surface area contributed by atoms with Gasteiger partial charge in [-0.2, -0.15) is 0 Å². The van der Waals surface area contributed by atoms with Crippen molar-refractivity contribution in [1.29, 1.82) is 0 Å². The van der Waals surface area contributed by atoms with Crippen LogP contribution in [-0.4, -0.2) is 25.5 Å². The van der Waals surface area contributed by atoms with Crippen molar-refractivity contribution < 1.29 is 4.79 Å². The highest BCUT2D eigenvalue weighted by atomic mass is 35.5. The number of anilines is 1. The summed E-state index contributed by atoms with van der Waals surface area (Å²) in [4.78, 5) is 14.2. The van der Waals surface area contributed by atoms with Gasteiger partial charge in [0.1, 0.15) is 0 Å². The maximum absolute atomic E-state index is 12.0. The van der Waals surface area contributed by atoms with Crippen molar-refractivity contribution in [3.05, 3.63) is 64.7 Å². The van der Waals surface area contributed by atoms with Gasteiger partial charge in [-0.25, -0.2) is 0 Å². The molecule has 2 aromatic carbocycles. The molecule has 1 aliphatic heterocycles. The number of carbonyl (C=O) groups is 1. The lowest BCUT2D eigenvalue weighted by Gasteiger charge is -2.21. The minimum Gasteiger partial charge on any atom is -0.370 e. The molecule has 0 radical (unpaired) electrons. The molecule has 4 nitrogen and oxygen atoms in total. The molecule has 1 unspecified atom stereocenters. The number of nitrogens with zero attached hydrogens (tertiary/aromatic N) is 1. The summed E-state index contributed by atoms with van der Waals surface area (Å²) >= 11 is 6.25. The van der Waals surface area contributed by atoms with Gasteiger partial charge in [0, 0.05) is 37.4 Å². The lowest BCUT2D eigenvalue weighted by molar-refractivity contribution is -0.122. The number of rotatable bonds is 6. The van der Waals surface area contributed by atoms with Gasteiger partial charge in [0.05, 0.1) is 6.04 Å². The third-order valence-corrected chi connectivity index (χ3v) is 5.20. The van der Waals surface area contributed by atoms with Crippen LogP contribution in [0.1, 0.15) is 30.4 Å². The molecule has 1 saturated heterocycles. The molecule has 1 atom stereocenters. The van der Waals surface area contributed by atoms with E-state index < -0.39 is 0 Å². The molecule has 0 spiro atoms. The van der Waals surface area contributed by atoms with E-state index >= 15 is 0 Å². The van der Waals surface area contributed by atoms with Crippen LogP contribution in [0.25, 0.3) is 0 Å². The van der Waals surface area contributed by atoms with Gasteiger partial charge in [0.15, 0.2) is 0 Å². The fourth-order valence-electron chi connectivity index (χ4n) is 3.22. The molecule has 2 aromatic rings. The molecule has 5 heteroatoms. The molecule has 2 N–H and O–H groups in total. The van der Waals surface area contributed by atoms with Crippen LogP contribution in [0.2, 0.25) is 5.02 Å². The summed E-state index contributed by atoms with van der Waals surface area (Å²) in [6.45, 7) is 2.26. The topological polar surface area (TPSA) is 44.4 Å². The van der Waals surface area contributed by atoms with Crippen LogP contribution >= 0.6 is 11.6 Å². The molecule has 1 heterocycles. The predicted octanol–water partition coefficient (Wildman–Crippen LogP) is 3.73. The quantitative estimate of drug-likeness (QED) is 0.813. The Kier molecular flexibility index (Phi) is 6.53. The number of carbonyl (C=O) groups excluding carboxylic acids is 1. The minimum atomic E-state index is -0.0833. The zero-order valence-electron chi connectivity index (χ0n) is 15.2. The Morgan fingerprint density at radius 1 is 1.15 bits per heavy atom. The Morgan fingerprint density at radius 2 is 1.92 bits per heavy atom. The van der Waals surface area contributed by atoms with E-state index in [2.05, 4.69) is 52.9 Å². The summed E-state index contributed by atoms with van der Waals surface area (Å²) in [7, 11) is 2.06. The van der Waals surface area contributed by atoms with Crippen molar-refractivity contribution in [1.82, 2.24) is 10.6 Å². The van der Waals surface area contributed by atoms with Gasteiger partial charge >= 0.3 is 0 Å². The van der Waals surface area contributed by atoms with Crippen LogP contribution in [0.4, 0.5) is 5.69 Å². The Bertz CT molecular complexity index is 732. The molecule has 0 bridgehead atoms. The van der Waals surface area contributed by atoms with Gasteiger partial charge < -0.3 is 15.5 Å². The smallest absolute Gasteiger partial charge is 0.237 e. The van der Waals surface area contributed by atoms with Gasteiger partial charge in [-0.1, -0.05) is 41.9 Å². The van der Waals surface area contributed by atoms with E-state index in [9.17, 15) is 4.79 Å². The number of nitrogens with one attached hydrogen (secondary N) is 2. The molecule has 1 fully saturated rings. The second-order valence-electron chi connectivity index (χ2n) is 6.83. The summed E-state index contributed by atoms with van der Waals surface area (Å²) in [5.74, 6) is 0.124. The lowest BCUT2D eigenvalue weighted by Crippen LogP contribution is -2.42. The summed E-state index contributed by atoms with van der Waals surface area (Å²) in [6.07, 6.45) is 3.06. The molecule has 3 rings (SSSR count). The molecular weight excluding hydrogens is 346 g/mol. The fraction of sp³-hybridized carbons (Fsp3) is 0.381. The molecule has 26 heavy (non-hydrogen) atoms. The van der Waals surface area contributed by atoms with E-state index in [-0.39, 0.29) is 11.9 Å². The molecule has 0 saturated carbocycles. The first-order valence-electron chi connectivity index (χ1n) is 9.18. The second kappa shape index (κ2) is 9.06. The molecular formula is C21H26ClN3O. The Balaban J connectivity index is 1.56. The Morgan fingerprint density at radius 3 is 2.69 bits per heavy atom. The summed E-state index contributed by atoms with van der Waals surface area (Å²) in [5.41, 5.74) is 3.43. The maximum Gasteiger partial charge on any atom is 0.237 e. The van der Waals surface area contributed by atoms with Crippen LogP contribution in [-0.2, 0) is 17.9 Å². The number of benzene rings is 2. The molecule has 138 valence electrons. The van der Waals surface area contributed by atoms with Crippen LogP contribution < -0.4 is 15.5 Å². The zero-order valence-corrected chi connectivity index (χ0v) is 15.9. The monoisotopic (exact) mass is 371 g/mol. The van der Waals surface area contributed by atoms with Crippen molar-refractivity contribution in [3.63, 3.8) is 0 Å². The third kappa shape index (κ3) is 4.99. The van der Waals surface area contributed by atoms with E-state index in [1.807, 2.05) is 18.2 Å². The maximum atomic E-state index is 12.0. The first-order chi connectivity index (χ1) is 12.6. The molecule has 1 amide bonds. The zero-order chi connectivity index (χ0) is 18.4. The van der Waals surface area contributed by atoms with E-state index in [0.717, 1.165) is 48.6 Å². The normalized spacial score (nSPS) is 17.5. The third-order valence-electron chi connectivity index (χ3n) is 4.83. The van der Waals surface area contributed by atoms with E-state index in [1.54, 1.807) is 0 Å². The van der Waals surface area contributed by atoms with Crippen molar-refractivity contribution in [2.45, 2.75) is 38.4 Å². The summed E-state index contributed by atoms with van der Waals surface area (Å²) < 4.78 is 0. The van der Waals surface area contributed by atoms with Gasteiger partial charge in [0.25, 0.3) is 0 Å². The Labute approximate surface area is 160 Å². The predicted molar refractivity (Wildman–Crippen MR) is 107 cm³/mol. The van der Waals surface area contributed by atoms with E-state index in [0.29, 0.717) is 6.54 Å². The molecule has 0 aromatic heterocycles. The van der Waals surface area contributed by atoms with Crippen molar-refractivity contribution in [2.75, 3.05) is 18.5 Å². The van der Waals surface area contributed by atoms with Gasteiger partial charge in [0.2, 0.25) is 5.91 Å². The van der Waals surface area contributed by atoms with E-state index in [4.69, 9.17) is 11.6 Å². The summed E-state index contributed by atoms with van der Waals surface area (Å²) in [5, 5.41) is 7.14. The van der Waals surface area contributed by atoms with Crippen LogP contribution in [0.15, 0.2) is 48.5 Å². The fourth-order valence-corrected chi connectivity index (χ4v) is 3.41. The SMILES string of the molecule is CN(Cc1ccccc1Cl)c1ccc(CNC2CCCCNC2=O)cc1. The van der Waals surface area contributed by atoms with E-state index in [1.165, 1.54) is 5.56 Å². The van der Waals surface area contributed by atoms with Gasteiger partial charge in [-0.3, -0.25) is 4.79 Å². The average molecular weight is 372 g/mol. The van der Waals surface area contributed by atoms with Crippen LogP contribution in [0.5, 0.6) is 0 Å². The first-order valence-corrected chi connectivity index (χ1v) is 9.56. The minimum absolute atomic E-state index is 0.0833. The number of halogens is 1. The first kappa shape index (κ1) is 18.7. The van der Waals surface area contributed by atoms with Crippen LogP contribution in [0, 0.1) is 0 Å². The summed E-state index contributed by atoms with van der Waals surface area (Å²) in [6, 6.07) is 16.3. The number of hydrogen-bond donors (Lipinski definition) is 2. The molecule has 1 aliphatic rings. The second-order valence-corrected chi connectivity index (χ2v) is 7.24. The largest absolute Gasteiger partial charge is 0.370 e. The highest BCUT2D eigenvalue weighted by Gasteiger charge is 2.19. The van der Waals surface area contributed by atoms with Crippen molar-refractivity contribution >= 4 is 23.2 Å². The lowest BCUT2D eigenvalue weighted by atomic mass is 10.1.